The van der Waals surface area contributed by atoms with Crippen LogP contribution in [0.3, 0.4) is 0 Å². The molecule has 0 radical (unpaired) electrons. The van der Waals surface area contributed by atoms with E-state index in [0.29, 0.717) is 22.5 Å². The van der Waals surface area contributed by atoms with E-state index < -0.39 is 0 Å². The predicted molar refractivity (Wildman–Crippen MR) is 123 cm³/mol. The number of hydrogen-bond donors (Lipinski definition) is 1. The minimum Gasteiger partial charge on any atom is -0.448 e. The van der Waals surface area contributed by atoms with E-state index in [1.165, 1.54) is 17.4 Å². The number of para-hydroxylation sites is 1. The van der Waals surface area contributed by atoms with Crippen molar-refractivity contribution < 1.29 is 4.74 Å². The fourth-order valence-corrected chi connectivity index (χ4v) is 3.95. The van der Waals surface area contributed by atoms with Gasteiger partial charge in [-0.2, -0.15) is 4.98 Å². The number of thioether (sulfide) groups is 1. The van der Waals surface area contributed by atoms with Crippen molar-refractivity contribution in [3.05, 3.63) is 66.7 Å². The summed E-state index contributed by atoms with van der Waals surface area (Å²) in [6, 6.07) is 16.5. The van der Waals surface area contributed by atoms with Crippen LogP contribution < -0.4 is 15.0 Å². The molecule has 0 spiro atoms. The van der Waals surface area contributed by atoms with E-state index >= 15 is 0 Å². The van der Waals surface area contributed by atoms with Gasteiger partial charge in [0.05, 0.1) is 0 Å². The first-order valence-electron chi connectivity index (χ1n) is 10.1. The van der Waals surface area contributed by atoms with Crippen molar-refractivity contribution in [1.29, 1.82) is 0 Å². The second-order valence-corrected chi connectivity index (χ2v) is 7.79. The van der Waals surface area contributed by atoms with E-state index in [-0.39, 0.29) is 6.23 Å². The summed E-state index contributed by atoms with van der Waals surface area (Å²) in [7, 11) is 0. The predicted octanol–water partition coefficient (Wildman–Crippen LogP) is 5.17. The van der Waals surface area contributed by atoms with Crippen LogP contribution in [-0.4, -0.2) is 34.0 Å². The largest absolute Gasteiger partial charge is 0.448 e. The van der Waals surface area contributed by atoms with Crippen LogP contribution in [0.1, 0.15) is 25.6 Å². The van der Waals surface area contributed by atoms with Crippen LogP contribution in [0.5, 0.6) is 5.88 Å². The van der Waals surface area contributed by atoms with E-state index in [9.17, 15) is 0 Å². The highest BCUT2D eigenvalue weighted by atomic mass is 32.2. The molecule has 1 unspecified atom stereocenters. The van der Waals surface area contributed by atoms with Crippen LogP contribution in [-0.2, 0) is 0 Å². The Morgan fingerprint density at radius 3 is 2.60 bits per heavy atom. The number of aromatic nitrogens is 3. The summed E-state index contributed by atoms with van der Waals surface area (Å²) in [5, 5.41) is 12.7. The molecule has 0 saturated carbocycles. The van der Waals surface area contributed by atoms with Gasteiger partial charge in [0.2, 0.25) is 11.0 Å². The zero-order valence-corrected chi connectivity index (χ0v) is 18.0. The van der Waals surface area contributed by atoms with Crippen molar-refractivity contribution in [3.8, 4) is 17.1 Å². The average molecular weight is 420 g/mol. The van der Waals surface area contributed by atoms with Crippen molar-refractivity contribution in [1.82, 2.24) is 15.2 Å². The summed E-state index contributed by atoms with van der Waals surface area (Å²) >= 11 is 1.48. The number of fused-ring (bicyclic) bond motifs is 3. The minimum absolute atomic E-state index is 0.382. The van der Waals surface area contributed by atoms with E-state index in [2.05, 4.69) is 70.1 Å². The molecular formula is C23H25N5OS. The summed E-state index contributed by atoms with van der Waals surface area (Å²) in [6.07, 6.45) is 1.43. The summed E-state index contributed by atoms with van der Waals surface area (Å²) in [6.45, 7) is 10.0. The van der Waals surface area contributed by atoms with Gasteiger partial charge in [0.15, 0.2) is 11.9 Å². The quantitative estimate of drug-likeness (QED) is 0.419. The first kappa shape index (κ1) is 20.2. The molecule has 4 rings (SSSR count). The van der Waals surface area contributed by atoms with E-state index in [0.717, 1.165) is 29.9 Å². The first-order valence-corrected chi connectivity index (χ1v) is 11.1. The number of nitrogens with zero attached hydrogens (tertiary/aromatic N) is 4. The Morgan fingerprint density at radius 1 is 1.10 bits per heavy atom. The lowest BCUT2D eigenvalue weighted by Crippen LogP contribution is -2.22. The van der Waals surface area contributed by atoms with Gasteiger partial charge in [0.1, 0.15) is 0 Å². The number of benzene rings is 2. The van der Waals surface area contributed by atoms with Crippen LogP contribution in [0, 0.1) is 0 Å². The van der Waals surface area contributed by atoms with Gasteiger partial charge in [-0.1, -0.05) is 48.2 Å². The first-order chi connectivity index (χ1) is 14.7. The van der Waals surface area contributed by atoms with Gasteiger partial charge in [0.25, 0.3) is 0 Å². The Bertz CT molecular complexity index is 1020. The maximum Gasteiger partial charge on any atom is 0.247 e. The lowest BCUT2D eigenvalue weighted by atomic mass is 10.1. The lowest BCUT2D eigenvalue weighted by Gasteiger charge is -2.23. The van der Waals surface area contributed by atoms with Gasteiger partial charge in [0, 0.05) is 41.3 Å². The molecule has 0 aliphatic carbocycles. The number of nitrogens with one attached hydrogen (secondary N) is 1. The van der Waals surface area contributed by atoms with Crippen molar-refractivity contribution in [2.75, 3.05) is 29.1 Å². The topological polar surface area (TPSA) is 63.2 Å². The molecule has 1 atom stereocenters. The summed E-state index contributed by atoms with van der Waals surface area (Å²) in [5.41, 5.74) is 4.73. The van der Waals surface area contributed by atoms with Gasteiger partial charge in [-0.3, -0.25) is 0 Å². The van der Waals surface area contributed by atoms with Gasteiger partial charge < -0.3 is 15.0 Å². The van der Waals surface area contributed by atoms with Crippen LogP contribution in [0.15, 0.2) is 66.3 Å². The maximum atomic E-state index is 6.32. The van der Waals surface area contributed by atoms with Gasteiger partial charge in [-0.25, -0.2) is 0 Å². The van der Waals surface area contributed by atoms with Crippen molar-refractivity contribution in [3.63, 3.8) is 0 Å². The van der Waals surface area contributed by atoms with Crippen LogP contribution in [0.2, 0.25) is 0 Å². The molecule has 2 aromatic carbocycles. The van der Waals surface area contributed by atoms with E-state index in [1.54, 1.807) is 0 Å². The standard InChI is InChI=1S/C23H25N5OS/c1-4-15-30-23-25-22-20(26-27-23)18-9-7-8-10-19(18)24-21(29-22)16-11-13-17(14-12-16)28(5-2)6-3/h4,7-14,21,24H,1,5-6,15H2,2-3H3. The third-order valence-electron chi connectivity index (χ3n) is 4.99. The van der Waals surface area contributed by atoms with Crippen molar-refractivity contribution >= 4 is 23.1 Å². The molecule has 3 aromatic rings. The molecular weight excluding hydrogens is 394 g/mol. The summed E-state index contributed by atoms with van der Waals surface area (Å²) in [5.74, 6) is 1.19. The van der Waals surface area contributed by atoms with Gasteiger partial charge >= 0.3 is 0 Å². The third kappa shape index (κ3) is 4.11. The van der Waals surface area contributed by atoms with Crippen LogP contribution in [0.25, 0.3) is 11.3 Å². The van der Waals surface area contributed by atoms with Crippen LogP contribution in [0.4, 0.5) is 11.4 Å². The number of ether oxygens (including phenoxy) is 1. The Balaban J connectivity index is 1.71. The number of hydrogen-bond acceptors (Lipinski definition) is 7. The van der Waals surface area contributed by atoms with Gasteiger partial charge in [-0.15, -0.1) is 16.8 Å². The second kappa shape index (κ2) is 9.17. The van der Waals surface area contributed by atoms with E-state index in [1.807, 2.05) is 30.3 Å². The highest BCUT2D eigenvalue weighted by Gasteiger charge is 2.26. The lowest BCUT2D eigenvalue weighted by molar-refractivity contribution is 0.225. The molecule has 0 bridgehead atoms. The van der Waals surface area contributed by atoms with Crippen molar-refractivity contribution in [2.45, 2.75) is 25.2 Å². The monoisotopic (exact) mass is 419 g/mol. The molecule has 1 N–H and O–H groups in total. The smallest absolute Gasteiger partial charge is 0.247 e. The third-order valence-corrected chi connectivity index (χ3v) is 5.82. The highest BCUT2D eigenvalue weighted by Crippen LogP contribution is 2.39. The Kier molecular flexibility index (Phi) is 6.18. The average Bonchev–Trinajstić information content (AvgIpc) is 2.95. The summed E-state index contributed by atoms with van der Waals surface area (Å²) < 4.78 is 6.32. The normalized spacial score (nSPS) is 14.5. The van der Waals surface area contributed by atoms with Gasteiger partial charge in [-0.05, 0) is 32.0 Å². The second-order valence-electron chi connectivity index (χ2n) is 6.80. The Labute approximate surface area is 181 Å². The number of anilines is 2. The molecule has 0 saturated heterocycles. The SMILES string of the molecule is C=CCSc1nnc2c(n1)OC(c1ccc(N(CC)CC)cc1)Nc1ccccc1-2. The minimum atomic E-state index is -0.382. The Morgan fingerprint density at radius 2 is 1.87 bits per heavy atom. The fourth-order valence-electron chi connectivity index (χ4n) is 3.44. The molecule has 30 heavy (non-hydrogen) atoms. The molecule has 1 aliphatic rings. The maximum absolute atomic E-state index is 6.32. The zero-order chi connectivity index (χ0) is 20.9. The zero-order valence-electron chi connectivity index (χ0n) is 17.2. The fraction of sp³-hybridized carbons (Fsp3) is 0.261. The molecule has 1 aromatic heterocycles. The molecule has 154 valence electrons. The van der Waals surface area contributed by atoms with Crippen LogP contribution >= 0.6 is 11.8 Å². The van der Waals surface area contributed by atoms with Crippen molar-refractivity contribution in [2.24, 2.45) is 0 Å². The summed E-state index contributed by atoms with van der Waals surface area (Å²) in [4.78, 5) is 6.94. The van der Waals surface area contributed by atoms with E-state index in [4.69, 9.17) is 4.74 Å². The number of rotatable bonds is 7. The molecule has 1 aliphatic heterocycles. The highest BCUT2D eigenvalue weighted by molar-refractivity contribution is 7.99. The molecule has 7 heteroatoms. The molecule has 0 amide bonds. The molecule has 6 nitrogen and oxygen atoms in total. The molecule has 0 fully saturated rings. The molecule has 2 heterocycles. The Hall–Kier alpha value is -3.06.